The number of para-hydroxylation sites is 1. The number of hydrogen-bond donors (Lipinski definition) is 4. The molecule has 0 spiro atoms. The SMILES string of the molecule is Nc1ccccc1.O=S(=O)(O)CC1=CNNC1. The molecule has 0 saturated carbocycles. The van der Waals surface area contributed by atoms with Gasteiger partial charge in [0.05, 0.1) is 5.75 Å². The van der Waals surface area contributed by atoms with Crippen molar-refractivity contribution in [3.05, 3.63) is 42.1 Å². The predicted octanol–water partition coefficient (Wildman–Crippen LogP) is 0.135. The predicted molar refractivity (Wildman–Crippen MR) is 66.5 cm³/mol. The van der Waals surface area contributed by atoms with Crippen LogP contribution in [0.2, 0.25) is 0 Å². The van der Waals surface area contributed by atoms with Gasteiger partial charge in [0.1, 0.15) is 0 Å². The van der Waals surface area contributed by atoms with Gasteiger partial charge in [-0.05, 0) is 17.7 Å². The van der Waals surface area contributed by atoms with Crippen molar-refractivity contribution in [3.63, 3.8) is 0 Å². The maximum atomic E-state index is 10.2. The molecule has 0 amide bonds. The van der Waals surface area contributed by atoms with Crippen molar-refractivity contribution < 1.29 is 13.0 Å². The van der Waals surface area contributed by atoms with E-state index in [9.17, 15) is 8.42 Å². The van der Waals surface area contributed by atoms with E-state index in [1.807, 2.05) is 30.3 Å². The summed E-state index contributed by atoms with van der Waals surface area (Å²) in [4.78, 5) is 0. The molecule has 0 saturated heterocycles. The van der Waals surface area contributed by atoms with Gasteiger partial charge in [-0.1, -0.05) is 18.2 Å². The molecule has 0 bridgehead atoms. The lowest BCUT2D eigenvalue weighted by Gasteiger charge is -1.94. The Hall–Kier alpha value is -1.57. The zero-order chi connectivity index (χ0) is 12.7. The second-order valence-electron chi connectivity index (χ2n) is 3.44. The molecule has 7 heteroatoms. The van der Waals surface area contributed by atoms with Crippen molar-refractivity contribution in [2.75, 3.05) is 18.0 Å². The monoisotopic (exact) mass is 257 g/mol. The van der Waals surface area contributed by atoms with Crippen molar-refractivity contribution in [1.82, 2.24) is 10.9 Å². The van der Waals surface area contributed by atoms with E-state index in [0.717, 1.165) is 5.69 Å². The number of hydrazine groups is 1. The third kappa shape index (κ3) is 6.56. The van der Waals surface area contributed by atoms with Crippen LogP contribution in [0.15, 0.2) is 42.1 Å². The van der Waals surface area contributed by atoms with Crippen molar-refractivity contribution in [1.29, 1.82) is 0 Å². The fraction of sp³-hybridized carbons (Fsp3) is 0.200. The molecule has 0 unspecified atom stereocenters. The minimum atomic E-state index is -3.86. The Morgan fingerprint density at radius 3 is 2.29 bits per heavy atom. The molecule has 94 valence electrons. The minimum Gasteiger partial charge on any atom is -0.399 e. The first-order valence-electron chi connectivity index (χ1n) is 4.89. The quantitative estimate of drug-likeness (QED) is 0.443. The zero-order valence-corrected chi connectivity index (χ0v) is 9.94. The van der Waals surface area contributed by atoms with Gasteiger partial charge in [0, 0.05) is 18.4 Å². The molecule has 0 radical (unpaired) electrons. The highest BCUT2D eigenvalue weighted by molar-refractivity contribution is 7.86. The molecule has 0 aliphatic carbocycles. The molecule has 1 aromatic carbocycles. The van der Waals surface area contributed by atoms with E-state index in [1.54, 1.807) is 0 Å². The second-order valence-corrected chi connectivity index (χ2v) is 4.89. The van der Waals surface area contributed by atoms with Crippen LogP contribution in [-0.4, -0.2) is 25.3 Å². The molecule has 6 nitrogen and oxygen atoms in total. The smallest absolute Gasteiger partial charge is 0.268 e. The highest BCUT2D eigenvalue weighted by Crippen LogP contribution is 1.98. The van der Waals surface area contributed by atoms with E-state index in [-0.39, 0.29) is 5.75 Å². The maximum absolute atomic E-state index is 10.2. The van der Waals surface area contributed by atoms with Crippen LogP contribution in [0, 0.1) is 0 Å². The number of anilines is 1. The molecular weight excluding hydrogens is 242 g/mol. The largest absolute Gasteiger partial charge is 0.399 e. The Labute approximate surface area is 100 Å². The summed E-state index contributed by atoms with van der Waals surface area (Å²) >= 11 is 0. The normalized spacial score (nSPS) is 14.3. The van der Waals surface area contributed by atoms with Gasteiger partial charge in [-0.3, -0.25) is 4.55 Å². The maximum Gasteiger partial charge on any atom is 0.268 e. The van der Waals surface area contributed by atoms with Crippen molar-refractivity contribution in [2.24, 2.45) is 0 Å². The zero-order valence-electron chi connectivity index (χ0n) is 9.13. The Balaban J connectivity index is 0.000000181. The third-order valence-corrected chi connectivity index (χ3v) is 2.60. The molecule has 1 aliphatic rings. The first kappa shape index (κ1) is 13.5. The Morgan fingerprint density at radius 2 is 1.94 bits per heavy atom. The first-order valence-corrected chi connectivity index (χ1v) is 6.50. The van der Waals surface area contributed by atoms with Gasteiger partial charge in [0.2, 0.25) is 0 Å². The van der Waals surface area contributed by atoms with E-state index in [2.05, 4.69) is 10.9 Å². The average Bonchev–Trinajstić information content (AvgIpc) is 2.70. The summed E-state index contributed by atoms with van der Waals surface area (Å²) in [6.07, 6.45) is 1.52. The lowest BCUT2D eigenvalue weighted by Crippen LogP contribution is -2.21. The highest BCUT2D eigenvalue weighted by Gasteiger charge is 2.11. The minimum absolute atomic E-state index is 0.299. The van der Waals surface area contributed by atoms with Crippen LogP contribution in [0.4, 0.5) is 5.69 Å². The lowest BCUT2D eigenvalue weighted by molar-refractivity contribution is 0.485. The number of hydrogen-bond acceptors (Lipinski definition) is 5. The number of nitrogens with one attached hydrogen (secondary N) is 2. The second kappa shape index (κ2) is 6.24. The molecule has 1 heterocycles. The number of nitrogens with two attached hydrogens (primary N) is 1. The molecule has 0 fully saturated rings. The van der Waals surface area contributed by atoms with Gasteiger partial charge in [0.25, 0.3) is 10.1 Å². The topological polar surface area (TPSA) is 104 Å². The van der Waals surface area contributed by atoms with Crippen LogP contribution in [0.3, 0.4) is 0 Å². The van der Waals surface area contributed by atoms with Gasteiger partial charge in [-0.15, -0.1) is 0 Å². The van der Waals surface area contributed by atoms with Crippen LogP contribution in [0.5, 0.6) is 0 Å². The van der Waals surface area contributed by atoms with Crippen LogP contribution in [-0.2, 0) is 10.1 Å². The lowest BCUT2D eigenvalue weighted by atomic mass is 10.3. The molecule has 1 aromatic rings. The Bertz CT molecular complexity index is 471. The molecule has 0 atom stereocenters. The van der Waals surface area contributed by atoms with Gasteiger partial charge in [-0.25, -0.2) is 5.43 Å². The van der Waals surface area contributed by atoms with Crippen LogP contribution >= 0.6 is 0 Å². The van der Waals surface area contributed by atoms with Gasteiger partial charge >= 0.3 is 0 Å². The summed E-state index contributed by atoms with van der Waals surface area (Å²) < 4.78 is 28.8. The molecule has 0 aromatic heterocycles. The summed E-state index contributed by atoms with van der Waals surface area (Å²) in [7, 11) is -3.86. The van der Waals surface area contributed by atoms with Crippen LogP contribution in [0.1, 0.15) is 0 Å². The highest BCUT2D eigenvalue weighted by atomic mass is 32.2. The molecular formula is C10H15N3O3S. The van der Waals surface area contributed by atoms with Gasteiger partial charge < -0.3 is 11.2 Å². The van der Waals surface area contributed by atoms with E-state index in [4.69, 9.17) is 10.3 Å². The molecule has 5 N–H and O–H groups in total. The third-order valence-electron chi connectivity index (χ3n) is 1.86. The number of nitrogen functional groups attached to an aromatic ring is 1. The molecule has 17 heavy (non-hydrogen) atoms. The summed E-state index contributed by atoms with van der Waals surface area (Å²) in [5.74, 6) is -0.299. The summed E-state index contributed by atoms with van der Waals surface area (Å²) in [6.45, 7) is 0.458. The first-order chi connectivity index (χ1) is 7.97. The van der Waals surface area contributed by atoms with Crippen molar-refractivity contribution >= 4 is 15.8 Å². The van der Waals surface area contributed by atoms with E-state index < -0.39 is 10.1 Å². The number of benzene rings is 1. The van der Waals surface area contributed by atoms with E-state index >= 15 is 0 Å². The van der Waals surface area contributed by atoms with Crippen LogP contribution in [0.25, 0.3) is 0 Å². The van der Waals surface area contributed by atoms with Gasteiger partial charge in [0.15, 0.2) is 0 Å². The summed E-state index contributed by atoms with van der Waals surface area (Å²) in [5, 5.41) is 0. The molecule has 2 rings (SSSR count). The average molecular weight is 257 g/mol. The standard InChI is InChI=1S/C6H7N.C4H8N2O3S/c7-6-4-2-1-3-5-6;7-10(8,9)3-4-1-5-6-2-4/h1-5H,7H2;1,5-6H,2-3H2,(H,7,8,9). The van der Waals surface area contributed by atoms with Gasteiger partial charge in [-0.2, -0.15) is 8.42 Å². The summed E-state index contributed by atoms with van der Waals surface area (Å²) in [6, 6.07) is 9.49. The summed E-state index contributed by atoms with van der Waals surface area (Å²) in [5.41, 5.74) is 12.1. The van der Waals surface area contributed by atoms with E-state index in [1.165, 1.54) is 6.20 Å². The molecule has 1 aliphatic heterocycles. The fourth-order valence-electron chi connectivity index (χ4n) is 1.15. The van der Waals surface area contributed by atoms with Crippen LogP contribution < -0.4 is 16.6 Å². The van der Waals surface area contributed by atoms with E-state index in [0.29, 0.717) is 12.1 Å². The Morgan fingerprint density at radius 1 is 1.29 bits per heavy atom. The fourth-order valence-corrected chi connectivity index (χ4v) is 1.80. The van der Waals surface area contributed by atoms with Crippen molar-refractivity contribution in [2.45, 2.75) is 0 Å². The number of rotatable bonds is 2. The van der Waals surface area contributed by atoms with Crippen molar-refractivity contribution in [3.8, 4) is 0 Å². The Kier molecular flexibility index (Phi) is 4.95.